The quantitative estimate of drug-likeness (QED) is 0.646. The van der Waals surface area contributed by atoms with Crippen molar-refractivity contribution in [2.24, 2.45) is 0 Å². The molecule has 4 nitrogen and oxygen atoms in total. The monoisotopic (exact) mass is 397 g/mol. The maximum Gasteiger partial charge on any atom is 0.161 e. The van der Waals surface area contributed by atoms with Gasteiger partial charge in [-0.1, -0.05) is 26.8 Å². The third-order valence-corrected chi connectivity index (χ3v) is 6.07. The smallest absolute Gasteiger partial charge is 0.161 e. The van der Waals surface area contributed by atoms with Crippen molar-refractivity contribution in [3.8, 4) is 17.2 Å². The Hall–Kier alpha value is -2.20. The Kier molecular flexibility index (Phi) is 6.74. The summed E-state index contributed by atoms with van der Waals surface area (Å²) in [4.78, 5) is 0. The van der Waals surface area contributed by atoms with Crippen LogP contribution < -0.4 is 19.5 Å². The fourth-order valence-electron chi connectivity index (χ4n) is 3.96. The van der Waals surface area contributed by atoms with Crippen LogP contribution in [0.3, 0.4) is 0 Å². The molecule has 1 heterocycles. The van der Waals surface area contributed by atoms with E-state index in [-0.39, 0.29) is 11.5 Å². The number of rotatable bonds is 8. The minimum Gasteiger partial charge on any atom is -0.496 e. The molecule has 0 amide bonds. The Labute approximate surface area is 175 Å². The molecule has 1 aliphatic heterocycles. The Morgan fingerprint density at radius 2 is 1.62 bits per heavy atom. The fraction of sp³-hybridized carbons (Fsp3) is 0.520. The summed E-state index contributed by atoms with van der Waals surface area (Å²) in [6.45, 7) is 13.0. The molecular formula is C25H35NO3. The van der Waals surface area contributed by atoms with Gasteiger partial charge in [-0.3, -0.25) is 0 Å². The van der Waals surface area contributed by atoms with Gasteiger partial charge in [0.2, 0.25) is 0 Å². The molecule has 0 aromatic heterocycles. The van der Waals surface area contributed by atoms with E-state index >= 15 is 0 Å². The SMILES string of the molecule is CCOc1cc2c(cc1OCC)C(c1cc(C(C)(C)CC)ccc1OC)NCC2. The van der Waals surface area contributed by atoms with Crippen LogP contribution in [0.15, 0.2) is 30.3 Å². The van der Waals surface area contributed by atoms with E-state index in [9.17, 15) is 0 Å². The molecule has 1 aliphatic rings. The van der Waals surface area contributed by atoms with Gasteiger partial charge in [-0.05, 0) is 73.1 Å². The summed E-state index contributed by atoms with van der Waals surface area (Å²) >= 11 is 0. The van der Waals surface area contributed by atoms with Crippen molar-refractivity contribution in [3.63, 3.8) is 0 Å². The zero-order valence-electron chi connectivity index (χ0n) is 18.7. The predicted octanol–water partition coefficient (Wildman–Crippen LogP) is 5.42. The van der Waals surface area contributed by atoms with Crippen molar-refractivity contribution >= 4 is 0 Å². The summed E-state index contributed by atoms with van der Waals surface area (Å²) in [7, 11) is 1.75. The van der Waals surface area contributed by atoms with Crippen LogP contribution >= 0.6 is 0 Å². The number of hydrogen-bond acceptors (Lipinski definition) is 4. The first kappa shape index (κ1) is 21.5. The molecule has 1 unspecified atom stereocenters. The topological polar surface area (TPSA) is 39.7 Å². The van der Waals surface area contributed by atoms with Crippen molar-refractivity contribution in [1.29, 1.82) is 0 Å². The first-order valence-electron chi connectivity index (χ1n) is 10.8. The average molecular weight is 398 g/mol. The van der Waals surface area contributed by atoms with Gasteiger partial charge in [0.05, 0.1) is 26.4 Å². The Morgan fingerprint density at radius 3 is 2.24 bits per heavy atom. The first-order valence-corrected chi connectivity index (χ1v) is 10.8. The van der Waals surface area contributed by atoms with Gasteiger partial charge >= 0.3 is 0 Å². The summed E-state index contributed by atoms with van der Waals surface area (Å²) < 4.78 is 17.5. The minimum atomic E-state index is 0.0659. The van der Waals surface area contributed by atoms with E-state index < -0.39 is 0 Å². The molecule has 1 atom stereocenters. The highest BCUT2D eigenvalue weighted by atomic mass is 16.5. The number of nitrogens with one attached hydrogen (secondary N) is 1. The molecule has 3 rings (SSSR count). The Bertz CT molecular complexity index is 844. The van der Waals surface area contributed by atoms with E-state index in [0.29, 0.717) is 13.2 Å². The molecule has 4 heteroatoms. The molecule has 0 saturated carbocycles. The summed E-state index contributed by atoms with van der Waals surface area (Å²) in [5.41, 5.74) is 5.18. The molecule has 0 saturated heterocycles. The molecule has 158 valence electrons. The van der Waals surface area contributed by atoms with Crippen molar-refractivity contribution in [1.82, 2.24) is 5.32 Å². The highest BCUT2D eigenvalue weighted by molar-refractivity contribution is 5.54. The molecule has 0 spiro atoms. The lowest BCUT2D eigenvalue weighted by atomic mass is 9.80. The summed E-state index contributed by atoms with van der Waals surface area (Å²) in [5.74, 6) is 2.56. The van der Waals surface area contributed by atoms with Crippen LogP contribution in [0.4, 0.5) is 0 Å². The van der Waals surface area contributed by atoms with Crippen LogP contribution in [0.2, 0.25) is 0 Å². The molecular weight excluding hydrogens is 362 g/mol. The van der Waals surface area contributed by atoms with Gasteiger partial charge in [-0.15, -0.1) is 0 Å². The number of fused-ring (bicyclic) bond motifs is 1. The van der Waals surface area contributed by atoms with Crippen molar-refractivity contribution in [3.05, 3.63) is 52.6 Å². The zero-order chi connectivity index (χ0) is 21.0. The lowest BCUT2D eigenvalue weighted by Crippen LogP contribution is -2.31. The number of methoxy groups -OCH3 is 1. The maximum atomic E-state index is 5.91. The van der Waals surface area contributed by atoms with Crippen LogP contribution in [0, 0.1) is 0 Å². The fourth-order valence-corrected chi connectivity index (χ4v) is 3.96. The minimum absolute atomic E-state index is 0.0659. The molecule has 0 aliphatic carbocycles. The Morgan fingerprint density at radius 1 is 0.931 bits per heavy atom. The van der Waals surface area contributed by atoms with Crippen LogP contribution in [0.25, 0.3) is 0 Å². The second kappa shape index (κ2) is 9.08. The number of benzene rings is 2. The number of hydrogen-bond donors (Lipinski definition) is 1. The third kappa shape index (κ3) is 4.37. The zero-order valence-corrected chi connectivity index (χ0v) is 18.7. The van der Waals surface area contributed by atoms with Gasteiger partial charge in [0.1, 0.15) is 5.75 Å². The summed E-state index contributed by atoms with van der Waals surface area (Å²) in [6.07, 6.45) is 2.06. The van der Waals surface area contributed by atoms with Crippen molar-refractivity contribution in [2.45, 2.75) is 58.9 Å². The highest BCUT2D eigenvalue weighted by Gasteiger charge is 2.28. The van der Waals surface area contributed by atoms with Gasteiger partial charge in [-0.2, -0.15) is 0 Å². The molecule has 2 aromatic rings. The van der Waals surface area contributed by atoms with Gasteiger partial charge in [0.25, 0.3) is 0 Å². The van der Waals surface area contributed by atoms with Crippen LogP contribution in [-0.4, -0.2) is 26.9 Å². The lowest BCUT2D eigenvalue weighted by Gasteiger charge is -2.31. The van der Waals surface area contributed by atoms with Crippen molar-refractivity contribution < 1.29 is 14.2 Å². The Balaban J connectivity index is 2.12. The standard InChI is InChI=1S/C25H35NO3/c1-7-25(4,5)18-10-11-21(27-6)20(15-18)24-19-16-23(29-9-3)22(28-8-2)14-17(19)12-13-26-24/h10-11,14-16,24,26H,7-9,12-13H2,1-6H3. The second-order valence-electron chi connectivity index (χ2n) is 8.20. The first-order chi connectivity index (χ1) is 13.9. The molecule has 1 N–H and O–H groups in total. The van der Waals surface area contributed by atoms with Crippen molar-refractivity contribution in [2.75, 3.05) is 26.9 Å². The largest absolute Gasteiger partial charge is 0.496 e. The summed E-state index contributed by atoms with van der Waals surface area (Å²) in [6, 6.07) is 11.0. The highest BCUT2D eigenvalue weighted by Crippen LogP contribution is 2.41. The van der Waals surface area contributed by atoms with Gasteiger partial charge in [-0.25, -0.2) is 0 Å². The van der Waals surface area contributed by atoms with Crippen LogP contribution in [0.5, 0.6) is 17.2 Å². The molecule has 2 aromatic carbocycles. The van der Waals surface area contributed by atoms with Gasteiger partial charge < -0.3 is 19.5 Å². The lowest BCUT2D eigenvalue weighted by molar-refractivity contribution is 0.286. The number of ether oxygens (including phenoxy) is 3. The second-order valence-corrected chi connectivity index (χ2v) is 8.20. The normalized spacial score (nSPS) is 16.3. The summed E-state index contributed by atoms with van der Waals surface area (Å²) in [5, 5.41) is 3.71. The van der Waals surface area contributed by atoms with E-state index in [1.54, 1.807) is 7.11 Å². The van der Waals surface area contributed by atoms with Gasteiger partial charge in [0, 0.05) is 12.1 Å². The van der Waals surface area contributed by atoms with E-state index in [1.165, 1.54) is 22.3 Å². The molecule has 29 heavy (non-hydrogen) atoms. The average Bonchev–Trinajstić information content (AvgIpc) is 2.73. The van der Waals surface area contributed by atoms with Crippen LogP contribution in [-0.2, 0) is 11.8 Å². The maximum absolute atomic E-state index is 5.91. The van der Waals surface area contributed by atoms with E-state index in [0.717, 1.165) is 36.6 Å². The third-order valence-electron chi connectivity index (χ3n) is 6.07. The predicted molar refractivity (Wildman–Crippen MR) is 119 cm³/mol. The van der Waals surface area contributed by atoms with E-state index in [4.69, 9.17) is 14.2 Å². The van der Waals surface area contributed by atoms with Gasteiger partial charge in [0.15, 0.2) is 11.5 Å². The van der Waals surface area contributed by atoms with E-state index in [2.05, 4.69) is 56.4 Å². The molecule has 0 radical (unpaired) electrons. The molecule has 0 fully saturated rings. The van der Waals surface area contributed by atoms with Crippen LogP contribution in [0.1, 0.15) is 69.3 Å². The molecule has 0 bridgehead atoms. The van der Waals surface area contributed by atoms with E-state index in [1.807, 2.05) is 13.8 Å².